The number of methoxy groups -OCH3 is 1. The lowest BCUT2D eigenvalue weighted by molar-refractivity contribution is -0.139. The van der Waals surface area contributed by atoms with E-state index in [0.29, 0.717) is 51.9 Å². The fourth-order valence-electron chi connectivity index (χ4n) is 3.78. The third-order valence-corrected chi connectivity index (χ3v) is 7.72. The number of rotatable bonds is 7. The van der Waals surface area contributed by atoms with Crippen molar-refractivity contribution in [1.82, 2.24) is 9.80 Å². The van der Waals surface area contributed by atoms with Gasteiger partial charge in [-0.25, -0.2) is 4.39 Å². The molecule has 6 nitrogen and oxygen atoms in total. The minimum Gasteiger partial charge on any atom is -0.493 e. The maximum absolute atomic E-state index is 13.2. The average Bonchev–Trinajstić information content (AvgIpc) is 2.78. The van der Waals surface area contributed by atoms with Gasteiger partial charge in [0, 0.05) is 41.8 Å². The molecular weight excluding hydrogens is 547 g/mol. The Morgan fingerprint density at radius 2 is 1.84 bits per heavy atom. The van der Waals surface area contributed by atoms with Gasteiger partial charge in [0.05, 0.1) is 11.6 Å². The molecule has 0 spiro atoms. The van der Waals surface area contributed by atoms with Crippen LogP contribution >= 0.6 is 31.9 Å². The Bertz CT molecular complexity index is 987. The predicted octanol–water partition coefficient (Wildman–Crippen LogP) is 4.67. The highest BCUT2D eigenvalue weighted by molar-refractivity contribution is 9.13. The number of carbonyl (C=O) groups excluding carboxylic acids is 2. The molecule has 0 bridgehead atoms. The number of nitrogens with zero attached hydrogens (tertiary/aromatic N) is 2. The summed E-state index contributed by atoms with van der Waals surface area (Å²) in [5, 5.41) is 0. The van der Waals surface area contributed by atoms with Crippen LogP contribution in [-0.4, -0.2) is 60.9 Å². The zero-order valence-corrected chi connectivity index (χ0v) is 21.3. The first-order valence-electron chi connectivity index (χ1n) is 10.2. The molecule has 1 saturated heterocycles. The molecular formula is C23H25Br2FN2O4. The first-order valence-corrected chi connectivity index (χ1v) is 11.8. The zero-order chi connectivity index (χ0) is 23.4. The van der Waals surface area contributed by atoms with Gasteiger partial charge in [-0.3, -0.25) is 14.5 Å². The van der Waals surface area contributed by atoms with Gasteiger partial charge in [-0.2, -0.15) is 0 Å². The van der Waals surface area contributed by atoms with Crippen molar-refractivity contribution in [3.63, 3.8) is 0 Å². The molecule has 1 aliphatic rings. The van der Waals surface area contributed by atoms with Crippen molar-refractivity contribution in [1.29, 1.82) is 0 Å². The normalized spacial score (nSPS) is 19.0. The van der Waals surface area contributed by atoms with Crippen LogP contribution in [0.3, 0.4) is 0 Å². The SMILES string of the molecule is COc1cc(C=O)c(Br)c(Br)c1OCC(=O)N1C[C@H](C)N(Cc2ccc(F)cc2)C[C@H]1C. The molecule has 1 aliphatic heterocycles. The lowest BCUT2D eigenvalue weighted by Crippen LogP contribution is -2.58. The smallest absolute Gasteiger partial charge is 0.260 e. The standard InChI is InChI=1S/C23H25Br2FN2O4/c1-14-10-28(15(2)9-27(14)11-16-4-6-18(26)7-5-16)20(30)13-32-23-19(31-3)8-17(12-29)21(24)22(23)25/h4-8,12,14-15H,9-11,13H2,1-3H3/t14-,15+/m0/s1. The third kappa shape index (κ3) is 5.50. The van der Waals surface area contributed by atoms with E-state index < -0.39 is 0 Å². The second kappa shape index (κ2) is 10.8. The molecule has 172 valence electrons. The largest absolute Gasteiger partial charge is 0.493 e. The van der Waals surface area contributed by atoms with Crippen molar-refractivity contribution >= 4 is 44.1 Å². The first-order chi connectivity index (χ1) is 15.2. The number of carbonyl (C=O) groups is 2. The molecule has 1 heterocycles. The Kier molecular flexibility index (Phi) is 8.30. The zero-order valence-electron chi connectivity index (χ0n) is 18.1. The van der Waals surface area contributed by atoms with E-state index in [-0.39, 0.29) is 30.4 Å². The molecule has 0 saturated carbocycles. The van der Waals surface area contributed by atoms with Gasteiger partial charge in [0.2, 0.25) is 0 Å². The molecule has 2 atom stereocenters. The molecule has 1 fully saturated rings. The summed E-state index contributed by atoms with van der Waals surface area (Å²) < 4.78 is 25.4. The molecule has 0 N–H and O–H groups in total. The average molecular weight is 572 g/mol. The van der Waals surface area contributed by atoms with E-state index in [2.05, 4.69) is 43.7 Å². The van der Waals surface area contributed by atoms with E-state index >= 15 is 0 Å². The van der Waals surface area contributed by atoms with Crippen molar-refractivity contribution in [2.24, 2.45) is 0 Å². The molecule has 32 heavy (non-hydrogen) atoms. The predicted molar refractivity (Wildman–Crippen MR) is 127 cm³/mol. The summed E-state index contributed by atoms with van der Waals surface area (Å²) in [4.78, 5) is 28.3. The Labute approximate surface area is 203 Å². The molecule has 2 aromatic rings. The van der Waals surface area contributed by atoms with E-state index in [1.807, 2.05) is 11.8 Å². The van der Waals surface area contributed by atoms with Crippen molar-refractivity contribution < 1.29 is 23.5 Å². The van der Waals surface area contributed by atoms with E-state index in [1.165, 1.54) is 19.2 Å². The molecule has 0 aromatic heterocycles. The Balaban J connectivity index is 1.65. The Morgan fingerprint density at radius 1 is 1.16 bits per heavy atom. The number of hydrogen-bond donors (Lipinski definition) is 0. The summed E-state index contributed by atoms with van der Waals surface area (Å²) in [6.07, 6.45) is 0.709. The summed E-state index contributed by atoms with van der Waals surface area (Å²) in [6.45, 7) is 5.90. The van der Waals surface area contributed by atoms with Gasteiger partial charge in [-0.1, -0.05) is 12.1 Å². The molecule has 2 aromatic carbocycles. The van der Waals surface area contributed by atoms with Gasteiger partial charge in [0.25, 0.3) is 5.91 Å². The highest BCUT2D eigenvalue weighted by Gasteiger charge is 2.32. The Hall–Kier alpha value is -1.97. The first kappa shape index (κ1) is 24.7. The maximum atomic E-state index is 13.2. The van der Waals surface area contributed by atoms with Crippen molar-refractivity contribution in [3.05, 3.63) is 56.2 Å². The summed E-state index contributed by atoms with van der Waals surface area (Å²) >= 11 is 6.77. The van der Waals surface area contributed by atoms with Crippen LogP contribution in [0.25, 0.3) is 0 Å². The lowest BCUT2D eigenvalue weighted by atomic mass is 10.1. The summed E-state index contributed by atoms with van der Waals surface area (Å²) in [7, 11) is 1.48. The summed E-state index contributed by atoms with van der Waals surface area (Å²) in [5.74, 6) is 0.339. The summed E-state index contributed by atoms with van der Waals surface area (Å²) in [6, 6.07) is 8.20. The number of ether oxygens (including phenoxy) is 2. The van der Waals surface area contributed by atoms with Gasteiger partial charge in [0.1, 0.15) is 5.82 Å². The van der Waals surface area contributed by atoms with Crippen LogP contribution in [0, 0.1) is 5.82 Å². The molecule has 1 amide bonds. The third-order valence-electron chi connectivity index (χ3n) is 5.58. The minimum absolute atomic E-state index is 0.00254. The molecule has 3 rings (SSSR count). The number of benzene rings is 2. The number of aldehydes is 1. The minimum atomic E-state index is -0.248. The second-order valence-electron chi connectivity index (χ2n) is 7.83. The van der Waals surface area contributed by atoms with Gasteiger partial charge < -0.3 is 14.4 Å². The van der Waals surface area contributed by atoms with Crippen molar-refractivity contribution in [2.75, 3.05) is 26.8 Å². The fourth-order valence-corrected chi connectivity index (χ4v) is 4.71. The molecule has 9 heteroatoms. The van der Waals surface area contributed by atoms with Crippen LogP contribution in [0.15, 0.2) is 39.3 Å². The van der Waals surface area contributed by atoms with Crippen molar-refractivity contribution in [3.8, 4) is 11.5 Å². The molecule has 0 radical (unpaired) electrons. The van der Waals surface area contributed by atoms with Crippen LogP contribution in [0.1, 0.15) is 29.8 Å². The number of piperazine rings is 1. The molecule has 0 aliphatic carbocycles. The van der Waals surface area contributed by atoms with Crippen molar-refractivity contribution in [2.45, 2.75) is 32.5 Å². The number of halogens is 3. The second-order valence-corrected chi connectivity index (χ2v) is 9.42. The van der Waals surface area contributed by atoms with E-state index in [1.54, 1.807) is 18.2 Å². The van der Waals surface area contributed by atoms with Crippen LogP contribution < -0.4 is 9.47 Å². The fraction of sp³-hybridized carbons (Fsp3) is 0.391. The van der Waals surface area contributed by atoms with Gasteiger partial charge in [0.15, 0.2) is 24.4 Å². The van der Waals surface area contributed by atoms with Gasteiger partial charge in [-0.15, -0.1) is 0 Å². The topological polar surface area (TPSA) is 59.1 Å². The van der Waals surface area contributed by atoms with E-state index in [9.17, 15) is 14.0 Å². The van der Waals surface area contributed by atoms with Gasteiger partial charge in [-0.05, 0) is 69.5 Å². The quantitative estimate of drug-likeness (QED) is 0.452. The van der Waals surface area contributed by atoms with Gasteiger partial charge >= 0.3 is 0 Å². The molecule has 0 unspecified atom stereocenters. The van der Waals surface area contributed by atoms with Crippen LogP contribution in [0.2, 0.25) is 0 Å². The van der Waals surface area contributed by atoms with E-state index in [0.717, 1.165) is 5.56 Å². The van der Waals surface area contributed by atoms with E-state index in [4.69, 9.17) is 9.47 Å². The maximum Gasteiger partial charge on any atom is 0.260 e. The highest BCUT2D eigenvalue weighted by Crippen LogP contribution is 2.42. The number of hydrogen-bond acceptors (Lipinski definition) is 5. The van der Waals surface area contributed by atoms with Crippen LogP contribution in [-0.2, 0) is 11.3 Å². The highest BCUT2D eigenvalue weighted by atomic mass is 79.9. The lowest BCUT2D eigenvalue weighted by Gasteiger charge is -2.44. The Morgan fingerprint density at radius 3 is 2.47 bits per heavy atom. The van der Waals surface area contributed by atoms with Crippen LogP contribution in [0.4, 0.5) is 4.39 Å². The van der Waals surface area contributed by atoms with Crippen LogP contribution in [0.5, 0.6) is 11.5 Å². The summed E-state index contributed by atoms with van der Waals surface area (Å²) in [5.41, 5.74) is 1.45. The number of amides is 1. The monoisotopic (exact) mass is 570 g/mol.